The van der Waals surface area contributed by atoms with Crippen molar-refractivity contribution in [1.82, 2.24) is 9.80 Å². The molecule has 2 aromatic carbocycles. The quantitative estimate of drug-likeness (QED) is 0.271. The van der Waals surface area contributed by atoms with Gasteiger partial charge in [0.1, 0.15) is 6.54 Å². The minimum atomic E-state index is -0.129. The third-order valence-electron chi connectivity index (χ3n) is 8.10. The summed E-state index contributed by atoms with van der Waals surface area (Å²) in [7, 11) is 0. The van der Waals surface area contributed by atoms with E-state index in [-0.39, 0.29) is 30.5 Å². The number of carbonyl (C=O) groups is 2. The van der Waals surface area contributed by atoms with Crippen LogP contribution in [0.1, 0.15) is 82.6 Å². The number of ether oxygens (including phenoxy) is 1. The molecule has 0 aliphatic carbocycles. The van der Waals surface area contributed by atoms with Crippen molar-refractivity contribution in [3.8, 4) is 0 Å². The first kappa shape index (κ1) is 27.6. The van der Waals surface area contributed by atoms with Gasteiger partial charge in [-0.1, -0.05) is 56.2 Å². The van der Waals surface area contributed by atoms with Crippen LogP contribution in [0.15, 0.2) is 60.0 Å². The lowest BCUT2D eigenvalue weighted by Crippen LogP contribution is -2.48. The standard InChI is InChI=1S/C33H40N2O3S/c1-3-4-5-10-25-13-15-26(16-14-25)33(37)34(22-27-11-8-20-38-27)23-31(36)35-19-17-30-29(18-21-39-30)32(35)28-12-7-6-9-24(28)2/h6-7,9,12-16,18,21,27,32H,3-5,8,10-11,17,19-20,22-23H2,1-2H3. The van der Waals surface area contributed by atoms with Gasteiger partial charge >= 0.3 is 0 Å². The van der Waals surface area contributed by atoms with Gasteiger partial charge in [0.15, 0.2) is 0 Å². The average molecular weight is 545 g/mol. The molecule has 1 aromatic heterocycles. The highest BCUT2D eigenvalue weighted by atomic mass is 32.1. The molecule has 6 heteroatoms. The van der Waals surface area contributed by atoms with E-state index in [0.717, 1.165) is 44.3 Å². The molecule has 39 heavy (non-hydrogen) atoms. The van der Waals surface area contributed by atoms with E-state index in [4.69, 9.17) is 4.74 Å². The fourth-order valence-electron chi connectivity index (χ4n) is 5.90. The number of unbranched alkanes of at least 4 members (excludes halogenated alkanes) is 2. The summed E-state index contributed by atoms with van der Waals surface area (Å²) in [5.74, 6) is -0.109. The maximum absolute atomic E-state index is 14.0. The number of rotatable bonds is 10. The fraction of sp³-hybridized carbons (Fsp3) is 0.455. The van der Waals surface area contributed by atoms with Gasteiger partial charge < -0.3 is 14.5 Å². The van der Waals surface area contributed by atoms with Crippen LogP contribution in [0, 0.1) is 6.92 Å². The van der Waals surface area contributed by atoms with Crippen LogP contribution in [-0.2, 0) is 22.4 Å². The lowest BCUT2D eigenvalue weighted by molar-refractivity contribution is -0.134. The molecule has 2 aliphatic rings. The normalized spacial score (nSPS) is 18.7. The summed E-state index contributed by atoms with van der Waals surface area (Å²) in [5, 5.41) is 2.13. The first-order valence-corrected chi connectivity index (χ1v) is 15.3. The maximum atomic E-state index is 14.0. The van der Waals surface area contributed by atoms with Crippen LogP contribution < -0.4 is 0 Å². The van der Waals surface area contributed by atoms with Gasteiger partial charge in [-0.3, -0.25) is 9.59 Å². The minimum Gasteiger partial charge on any atom is -0.376 e. The molecule has 5 nitrogen and oxygen atoms in total. The number of thiophene rings is 1. The van der Waals surface area contributed by atoms with E-state index >= 15 is 0 Å². The lowest BCUT2D eigenvalue weighted by atomic mass is 9.90. The highest BCUT2D eigenvalue weighted by Gasteiger charge is 2.35. The Labute approximate surface area is 236 Å². The number of amides is 2. The van der Waals surface area contributed by atoms with Crippen molar-refractivity contribution in [3.05, 3.63) is 92.7 Å². The Morgan fingerprint density at radius 3 is 2.62 bits per heavy atom. The number of hydrogen-bond donors (Lipinski definition) is 0. The Bertz CT molecular complexity index is 1260. The van der Waals surface area contributed by atoms with E-state index in [9.17, 15) is 9.59 Å². The molecule has 206 valence electrons. The molecule has 1 saturated heterocycles. The van der Waals surface area contributed by atoms with Crippen molar-refractivity contribution < 1.29 is 14.3 Å². The van der Waals surface area contributed by atoms with E-state index in [1.807, 2.05) is 29.2 Å². The molecule has 1 fully saturated rings. The molecule has 2 aliphatic heterocycles. The van der Waals surface area contributed by atoms with Crippen molar-refractivity contribution in [2.24, 2.45) is 0 Å². The Morgan fingerprint density at radius 2 is 1.87 bits per heavy atom. The topological polar surface area (TPSA) is 49.9 Å². The van der Waals surface area contributed by atoms with E-state index in [1.54, 1.807) is 16.2 Å². The molecule has 2 unspecified atom stereocenters. The summed E-state index contributed by atoms with van der Waals surface area (Å²) in [4.78, 5) is 32.9. The van der Waals surface area contributed by atoms with E-state index < -0.39 is 0 Å². The Kier molecular flexibility index (Phi) is 9.15. The molecule has 2 atom stereocenters. The summed E-state index contributed by atoms with van der Waals surface area (Å²) in [6.07, 6.45) is 7.33. The zero-order chi connectivity index (χ0) is 27.2. The SMILES string of the molecule is CCCCCc1ccc(C(=O)N(CC(=O)N2CCc3sccc3C2c2ccccc2C)CC2CCCO2)cc1. The third kappa shape index (κ3) is 6.44. The van der Waals surface area contributed by atoms with Gasteiger partial charge in [-0.15, -0.1) is 11.3 Å². The van der Waals surface area contributed by atoms with Gasteiger partial charge in [0.05, 0.1) is 12.1 Å². The third-order valence-corrected chi connectivity index (χ3v) is 9.10. The Balaban J connectivity index is 1.37. The fourth-order valence-corrected chi connectivity index (χ4v) is 6.80. The first-order valence-electron chi connectivity index (χ1n) is 14.5. The van der Waals surface area contributed by atoms with Crippen LogP contribution in [-0.4, -0.2) is 54.0 Å². The van der Waals surface area contributed by atoms with Gasteiger partial charge in [0, 0.05) is 30.1 Å². The van der Waals surface area contributed by atoms with E-state index in [0.29, 0.717) is 18.7 Å². The van der Waals surface area contributed by atoms with Crippen LogP contribution in [0.25, 0.3) is 0 Å². The van der Waals surface area contributed by atoms with Crippen LogP contribution in [0.3, 0.4) is 0 Å². The molecular weight excluding hydrogens is 504 g/mol. The van der Waals surface area contributed by atoms with Gasteiger partial charge in [0.2, 0.25) is 5.91 Å². The molecule has 0 N–H and O–H groups in total. The number of nitrogens with zero attached hydrogens (tertiary/aromatic N) is 2. The summed E-state index contributed by atoms with van der Waals surface area (Å²) < 4.78 is 5.90. The second-order valence-corrected chi connectivity index (χ2v) is 11.9. The Hall–Kier alpha value is -2.96. The minimum absolute atomic E-state index is 0.0114. The van der Waals surface area contributed by atoms with Gasteiger partial charge in [-0.2, -0.15) is 0 Å². The molecule has 0 radical (unpaired) electrons. The van der Waals surface area contributed by atoms with Gasteiger partial charge in [0.25, 0.3) is 5.91 Å². The summed E-state index contributed by atoms with van der Waals surface area (Å²) >= 11 is 1.77. The maximum Gasteiger partial charge on any atom is 0.254 e. The van der Waals surface area contributed by atoms with Crippen molar-refractivity contribution in [2.75, 3.05) is 26.2 Å². The van der Waals surface area contributed by atoms with Crippen LogP contribution in [0.4, 0.5) is 0 Å². The van der Waals surface area contributed by atoms with Crippen LogP contribution in [0.5, 0.6) is 0 Å². The van der Waals surface area contributed by atoms with Crippen molar-refractivity contribution in [3.63, 3.8) is 0 Å². The highest BCUT2D eigenvalue weighted by molar-refractivity contribution is 7.10. The number of carbonyl (C=O) groups excluding carboxylic acids is 2. The summed E-state index contributed by atoms with van der Waals surface area (Å²) in [5.41, 5.74) is 5.42. The van der Waals surface area contributed by atoms with Crippen molar-refractivity contribution in [2.45, 2.75) is 70.9 Å². The highest BCUT2D eigenvalue weighted by Crippen LogP contribution is 2.39. The Morgan fingerprint density at radius 1 is 1.05 bits per heavy atom. The summed E-state index contributed by atoms with van der Waals surface area (Å²) in [6.45, 7) is 6.18. The predicted octanol–water partition coefficient (Wildman–Crippen LogP) is 6.58. The molecule has 5 rings (SSSR count). The van der Waals surface area contributed by atoms with Gasteiger partial charge in [-0.05, 0) is 84.9 Å². The molecule has 3 aromatic rings. The second kappa shape index (κ2) is 12.9. The molecule has 3 heterocycles. The summed E-state index contributed by atoms with van der Waals surface area (Å²) in [6, 6.07) is 18.3. The number of fused-ring (bicyclic) bond motifs is 1. The number of hydrogen-bond acceptors (Lipinski definition) is 4. The first-order chi connectivity index (χ1) is 19.0. The molecule has 0 spiro atoms. The van der Waals surface area contributed by atoms with Crippen LogP contribution >= 0.6 is 11.3 Å². The second-order valence-electron chi connectivity index (χ2n) is 10.9. The van der Waals surface area contributed by atoms with E-state index in [1.165, 1.54) is 34.4 Å². The predicted molar refractivity (Wildman–Crippen MR) is 157 cm³/mol. The molecule has 0 saturated carbocycles. The van der Waals surface area contributed by atoms with Crippen LogP contribution in [0.2, 0.25) is 0 Å². The van der Waals surface area contributed by atoms with Crippen molar-refractivity contribution >= 4 is 23.2 Å². The number of benzene rings is 2. The zero-order valence-electron chi connectivity index (χ0n) is 23.2. The lowest BCUT2D eigenvalue weighted by Gasteiger charge is -2.38. The largest absolute Gasteiger partial charge is 0.376 e. The smallest absolute Gasteiger partial charge is 0.254 e. The molecule has 0 bridgehead atoms. The molecule has 2 amide bonds. The van der Waals surface area contributed by atoms with Gasteiger partial charge in [-0.25, -0.2) is 0 Å². The monoisotopic (exact) mass is 544 g/mol. The van der Waals surface area contributed by atoms with E-state index in [2.05, 4.69) is 49.6 Å². The van der Waals surface area contributed by atoms with Crippen molar-refractivity contribution in [1.29, 1.82) is 0 Å². The number of aryl methyl sites for hydroxylation is 2. The average Bonchev–Trinajstić information content (AvgIpc) is 3.65. The molecular formula is C33H40N2O3S. The zero-order valence-corrected chi connectivity index (χ0v) is 24.1.